The van der Waals surface area contributed by atoms with Gasteiger partial charge < -0.3 is 19.9 Å². The molecule has 1 saturated heterocycles. The van der Waals surface area contributed by atoms with Crippen molar-refractivity contribution in [1.29, 1.82) is 0 Å². The van der Waals surface area contributed by atoms with Gasteiger partial charge in [-0.1, -0.05) is 5.16 Å². The van der Waals surface area contributed by atoms with E-state index in [9.17, 15) is 9.59 Å². The topological polar surface area (TPSA) is 96.7 Å². The summed E-state index contributed by atoms with van der Waals surface area (Å²) < 4.78 is 10.2. The van der Waals surface area contributed by atoms with Crippen molar-refractivity contribution in [2.24, 2.45) is 0 Å². The van der Waals surface area contributed by atoms with Gasteiger partial charge in [-0.05, 0) is 31.2 Å². The Morgan fingerprint density at radius 3 is 2.38 bits per heavy atom. The van der Waals surface area contributed by atoms with E-state index in [1.807, 2.05) is 0 Å². The summed E-state index contributed by atoms with van der Waals surface area (Å²) in [6, 6.07) is 8.12. The Balaban J connectivity index is 1.48. The molecule has 0 unspecified atom stereocenters. The van der Waals surface area contributed by atoms with E-state index in [2.05, 4.69) is 20.7 Å². The van der Waals surface area contributed by atoms with Crippen LogP contribution in [-0.4, -0.2) is 61.3 Å². The lowest BCUT2D eigenvalue weighted by Gasteiger charge is -2.26. The molecule has 0 atom stereocenters. The molecule has 2 amide bonds. The second-order valence-electron chi connectivity index (χ2n) is 6.06. The Morgan fingerprint density at radius 2 is 1.77 bits per heavy atom. The third-order valence-electron chi connectivity index (χ3n) is 4.10. The molecule has 0 saturated carbocycles. The number of amides is 2. The van der Waals surface area contributed by atoms with Gasteiger partial charge in [0.05, 0.1) is 13.2 Å². The van der Waals surface area contributed by atoms with E-state index in [4.69, 9.17) is 9.26 Å². The molecular weight excluding hydrogens is 336 g/mol. The molecule has 0 radical (unpaired) electrons. The first-order valence-electron chi connectivity index (χ1n) is 8.55. The van der Waals surface area contributed by atoms with Gasteiger partial charge in [0.1, 0.15) is 5.76 Å². The van der Waals surface area contributed by atoms with Crippen LogP contribution in [0.2, 0.25) is 0 Å². The molecule has 1 aliphatic heterocycles. The molecule has 8 nitrogen and oxygen atoms in total. The van der Waals surface area contributed by atoms with Gasteiger partial charge in [-0.15, -0.1) is 0 Å². The van der Waals surface area contributed by atoms with Crippen molar-refractivity contribution in [3.8, 4) is 0 Å². The van der Waals surface area contributed by atoms with Crippen LogP contribution >= 0.6 is 0 Å². The maximum Gasteiger partial charge on any atom is 0.256 e. The van der Waals surface area contributed by atoms with Crippen molar-refractivity contribution in [3.63, 3.8) is 0 Å². The highest BCUT2D eigenvalue weighted by molar-refractivity contribution is 6.04. The molecular formula is C18H22N4O4. The van der Waals surface area contributed by atoms with Crippen LogP contribution < -0.4 is 10.6 Å². The third kappa shape index (κ3) is 4.90. The van der Waals surface area contributed by atoms with Crippen molar-refractivity contribution >= 4 is 17.6 Å². The number of aryl methyl sites for hydroxylation is 1. The molecule has 138 valence electrons. The molecule has 3 rings (SSSR count). The molecule has 1 aromatic heterocycles. The van der Waals surface area contributed by atoms with E-state index in [1.165, 1.54) is 0 Å². The van der Waals surface area contributed by atoms with Crippen LogP contribution in [0.25, 0.3) is 0 Å². The van der Waals surface area contributed by atoms with E-state index in [1.54, 1.807) is 37.3 Å². The van der Waals surface area contributed by atoms with Crippen molar-refractivity contribution in [3.05, 3.63) is 47.2 Å². The number of benzene rings is 1. The van der Waals surface area contributed by atoms with Gasteiger partial charge >= 0.3 is 0 Å². The van der Waals surface area contributed by atoms with Crippen LogP contribution in [0.3, 0.4) is 0 Å². The van der Waals surface area contributed by atoms with Gasteiger partial charge in [0.25, 0.3) is 11.8 Å². The van der Waals surface area contributed by atoms with Crippen molar-refractivity contribution in [2.45, 2.75) is 6.92 Å². The van der Waals surface area contributed by atoms with Gasteiger partial charge in [-0.2, -0.15) is 0 Å². The van der Waals surface area contributed by atoms with Crippen LogP contribution in [0.5, 0.6) is 0 Å². The van der Waals surface area contributed by atoms with Crippen LogP contribution in [0.15, 0.2) is 34.9 Å². The van der Waals surface area contributed by atoms with Gasteiger partial charge in [-0.25, -0.2) is 0 Å². The number of carbonyl (C=O) groups excluding carboxylic acids is 2. The number of aromatic nitrogens is 1. The largest absolute Gasteiger partial charge is 0.379 e. The summed E-state index contributed by atoms with van der Waals surface area (Å²) in [4.78, 5) is 26.6. The molecule has 1 aliphatic rings. The number of morpholine rings is 1. The minimum Gasteiger partial charge on any atom is -0.379 e. The first-order chi connectivity index (χ1) is 12.6. The third-order valence-corrected chi connectivity index (χ3v) is 4.10. The molecule has 2 aromatic rings. The second kappa shape index (κ2) is 8.59. The number of ether oxygens (including phenoxy) is 1. The Bertz CT molecular complexity index is 751. The molecule has 1 aromatic carbocycles. The maximum absolute atomic E-state index is 12.2. The van der Waals surface area contributed by atoms with Gasteiger partial charge in [0, 0.05) is 43.4 Å². The van der Waals surface area contributed by atoms with Crippen molar-refractivity contribution in [1.82, 2.24) is 15.4 Å². The maximum atomic E-state index is 12.2. The SMILES string of the molecule is Cc1cc(NC(=O)c2ccc(C(=O)NCCN3CCOCC3)cc2)no1. The number of hydrogen-bond acceptors (Lipinski definition) is 6. The fourth-order valence-electron chi connectivity index (χ4n) is 2.64. The highest BCUT2D eigenvalue weighted by Gasteiger charge is 2.12. The van der Waals surface area contributed by atoms with Crippen LogP contribution in [0.4, 0.5) is 5.82 Å². The predicted octanol–water partition coefficient (Wildman–Crippen LogP) is 1.30. The Labute approximate surface area is 151 Å². The zero-order chi connectivity index (χ0) is 18.4. The zero-order valence-corrected chi connectivity index (χ0v) is 14.7. The minimum absolute atomic E-state index is 0.155. The molecule has 0 aliphatic carbocycles. The van der Waals surface area contributed by atoms with Gasteiger partial charge in [-0.3, -0.25) is 14.5 Å². The number of hydrogen-bond donors (Lipinski definition) is 2. The average molecular weight is 358 g/mol. The van der Waals surface area contributed by atoms with Crippen LogP contribution in [0.1, 0.15) is 26.5 Å². The number of anilines is 1. The van der Waals surface area contributed by atoms with E-state index < -0.39 is 0 Å². The van der Waals surface area contributed by atoms with Crippen molar-refractivity contribution in [2.75, 3.05) is 44.7 Å². The average Bonchev–Trinajstić information content (AvgIpc) is 3.07. The Kier molecular flexibility index (Phi) is 5.98. The lowest BCUT2D eigenvalue weighted by molar-refractivity contribution is 0.0383. The lowest BCUT2D eigenvalue weighted by atomic mass is 10.1. The number of nitrogens with zero attached hydrogens (tertiary/aromatic N) is 2. The summed E-state index contributed by atoms with van der Waals surface area (Å²) in [7, 11) is 0. The highest BCUT2D eigenvalue weighted by atomic mass is 16.5. The molecule has 2 heterocycles. The molecule has 2 N–H and O–H groups in total. The second-order valence-corrected chi connectivity index (χ2v) is 6.06. The summed E-state index contributed by atoms with van der Waals surface area (Å²) in [5, 5.41) is 9.25. The lowest BCUT2D eigenvalue weighted by Crippen LogP contribution is -2.41. The molecule has 0 spiro atoms. The molecule has 26 heavy (non-hydrogen) atoms. The fraction of sp³-hybridized carbons (Fsp3) is 0.389. The molecule has 1 fully saturated rings. The van der Waals surface area contributed by atoms with Crippen LogP contribution in [-0.2, 0) is 4.74 Å². The van der Waals surface area contributed by atoms with Gasteiger partial charge in [0.2, 0.25) is 0 Å². The normalized spacial score (nSPS) is 14.8. The Morgan fingerprint density at radius 1 is 1.12 bits per heavy atom. The van der Waals surface area contributed by atoms with Crippen molar-refractivity contribution < 1.29 is 18.8 Å². The standard InChI is InChI=1S/C18H22N4O4/c1-13-12-16(21-26-13)20-18(24)15-4-2-14(3-5-15)17(23)19-6-7-22-8-10-25-11-9-22/h2-5,12H,6-11H2,1H3,(H,19,23)(H,20,21,24). The van der Waals surface area contributed by atoms with E-state index in [0.717, 1.165) is 32.8 Å². The molecule has 0 bridgehead atoms. The summed E-state index contributed by atoms with van der Waals surface area (Å²) in [6.07, 6.45) is 0. The molecule has 8 heteroatoms. The highest BCUT2D eigenvalue weighted by Crippen LogP contribution is 2.10. The van der Waals surface area contributed by atoms with Crippen LogP contribution in [0, 0.1) is 6.92 Å². The number of nitrogens with one attached hydrogen (secondary N) is 2. The smallest absolute Gasteiger partial charge is 0.256 e. The van der Waals surface area contributed by atoms with E-state index >= 15 is 0 Å². The number of rotatable bonds is 6. The Hall–Kier alpha value is -2.71. The first kappa shape index (κ1) is 18.1. The zero-order valence-electron chi connectivity index (χ0n) is 14.7. The summed E-state index contributed by atoms with van der Waals surface area (Å²) in [5.41, 5.74) is 0.955. The van der Waals surface area contributed by atoms with E-state index in [-0.39, 0.29) is 11.8 Å². The van der Waals surface area contributed by atoms with Gasteiger partial charge in [0.15, 0.2) is 5.82 Å². The fourth-order valence-corrected chi connectivity index (χ4v) is 2.64. The monoisotopic (exact) mass is 358 g/mol. The summed E-state index contributed by atoms with van der Waals surface area (Å²) in [6.45, 7) is 6.39. The number of carbonyl (C=O) groups is 2. The first-order valence-corrected chi connectivity index (χ1v) is 8.55. The summed E-state index contributed by atoms with van der Waals surface area (Å²) in [5.74, 6) is 0.511. The quantitative estimate of drug-likeness (QED) is 0.808. The summed E-state index contributed by atoms with van der Waals surface area (Å²) >= 11 is 0. The minimum atomic E-state index is -0.308. The van der Waals surface area contributed by atoms with E-state index in [0.29, 0.717) is 29.2 Å². The predicted molar refractivity (Wildman–Crippen MR) is 95.2 cm³/mol.